The molecule has 124 valence electrons. The van der Waals surface area contributed by atoms with Crippen LogP contribution in [-0.2, 0) is 0 Å². The summed E-state index contributed by atoms with van der Waals surface area (Å²) in [4.78, 5) is 2.85. The molecular weight excluding hydrogens is 256 g/mol. The molecule has 1 heterocycles. The van der Waals surface area contributed by atoms with Crippen LogP contribution in [0.1, 0.15) is 72.6 Å². The van der Waals surface area contributed by atoms with Crippen molar-refractivity contribution in [2.24, 2.45) is 17.8 Å². The van der Waals surface area contributed by atoms with E-state index in [1.54, 1.807) is 0 Å². The van der Waals surface area contributed by atoms with Crippen LogP contribution < -0.4 is 5.32 Å². The lowest BCUT2D eigenvalue weighted by Crippen LogP contribution is -2.59. The standard InChI is InChI=1S/C19H38N2/c1-5-7-18-14-21(19(12-20-18)15(3)4)13-17-10-8-16(6-2)9-11-17/h15-20H,5-14H2,1-4H3. The molecule has 0 aromatic heterocycles. The van der Waals surface area contributed by atoms with Crippen LogP contribution in [0.3, 0.4) is 0 Å². The number of rotatable bonds is 6. The van der Waals surface area contributed by atoms with E-state index in [2.05, 4.69) is 37.9 Å². The van der Waals surface area contributed by atoms with Crippen LogP contribution in [0.2, 0.25) is 0 Å². The fourth-order valence-corrected chi connectivity index (χ4v) is 4.46. The lowest BCUT2D eigenvalue weighted by atomic mass is 9.80. The van der Waals surface area contributed by atoms with Gasteiger partial charge in [0.15, 0.2) is 0 Å². The SMILES string of the molecule is CCCC1CN(CC2CCC(CC)CC2)C(C(C)C)CN1. The quantitative estimate of drug-likeness (QED) is 0.785. The number of nitrogens with one attached hydrogen (secondary N) is 1. The summed E-state index contributed by atoms with van der Waals surface area (Å²) in [6, 6.07) is 1.49. The zero-order chi connectivity index (χ0) is 15.2. The Morgan fingerprint density at radius 1 is 1.05 bits per heavy atom. The Morgan fingerprint density at radius 2 is 1.71 bits per heavy atom. The predicted molar refractivity (Wildman–Crippen MR) is 92.6 cm³/mol. The molecular formula is C19H38N2. The molecule has 0 aromatic carbocycles. The highest BCUT2D eigenvalue weighted by Crippen LogP contribution is 2.32. The molecule has 1 saturated heterocycles. The van der Waals surface area contributed by atoms with Gasteiger partial charge >= 0.3 is 0 Å². The monoisotopic (exact) mass is 294 g/mol. The van der Waals surface area contributed by atoms with Crippen LogP contribution in [0.4, 0.5) is 0 Å². The minimum absolute atomic E-state index is 0.733. The molecule has 2 heteroatoms. The van der Waals surface area contributed by atoms with E-state index in [-0.39, 0.29) is 0 Å². The molecule has 1 aliphatic heterocycles. The van der Waals surface area contributed by atoms with E-state index in [0.717, 1.165) is 29.8 Å². The lowest BCUT2D eigenvalue weighted by Gasteiger charge is -2.44. The van der Waals surface area contributed by atoms with Crippen molar-refractivity contribution in [3.63, 3.8) is 0 Å². The van der Waals surface area contributed by atoms with E-state index in [4.69, 9.17) is 0 Å². The maximum Gasteiger partial charge on any atom is 0.0244 e. The Labute approximate surface area is 133 Å². The van der Waals surface area contributed by atoms with E-state index in [9.17, 15) is 0 Å². The van der Waals surface area contributed by atoms with E-state index in [1.165, 1.54) is 64.6 Å². The number of hydrogen-bond donors (Lipinski definition) is 1. The smallest absolute Gasteiger partial charge is 0.0244 e. The first-order chi connectivity index (χ1) is 10.1. The van der Waals surface area contributed by atoms with Gasteiger partial charge in [0.1, 0.15) is 0 Å². The van der Waals surface area contributed by atoms with Gasteiger partial charge in [0.25, 0.3) is 0 Å². The zero-order valence-electron chi connectivity index (χ0n) is 14.9. The Morgan fingerprint density at radius 3 is 2.29 bits per heavy atom. The van der Waals surface area contributed by atoms with Gasteiger partial charge in [-0.3, -0.25) is 4.90 Å². The highest BCUT2D eigenvalue weighted by molar-refractivity contribution is 4.89. The van der Waals surface area contributed by atoms with Crippen LogP contribution in [0.5, 0.6) is 0 Å². The highest BCUT2D eigenvalue weighted by Gasteiger charge is 2.31. The molecule has 2 fully saturated rings. The molecule has 2 atom stereocenters. The summed E-state index contributed by atoms with van der Waals surface area (Å²) in [5.41, 5.74) is 0. The Kier molecular flexibility index (Phi) is 7.01. The lowest BCUT2D eigenvalue weighted by molar-refractivity contribution is 0.0676. The maximum atomic E-state index is 3.79. The van der Waals surface area contributed by atoms with E-state index >= 15 is 0 Å². The van der Waals surface area contributed by atoms with Crippen molar-refractivity contribution in [2.45, 2.75) is 84.7 Å². The summed E-state index contributed by atoms with van der Waals surface area (Å²) >= 11 is 0. The number of nitrogens with zero attached hydrogens (tertiary/aromatic N) is 1. The third-order valence-corrected chi connectivity index (χ3v) is 5.98. The summed E-state index contributed by atoms with van der Waals surface area (Å²) in [6.07, 6.45) is 9.96. The van der Waals surface area contributed by atoms with Crippen molar-refractivity contribution in [1.82, 2.24) is 10.2 Å². The van der Waals surface area contributed by atoms with Gasteiger partial charge in [-0.1, -0.05) is 53.4 Å². The van der Waals surface area contributed by atoms with Crippen LogP contribution >= 0.6 is 0 Å². The van der Waals surface area contributed by atoms with Gasteiger partial charge in [-0.15, -0.1) is 0 Å². The summed E-state index contributed by atoms with van der Waals surface area (Å²) in [7, 11) is 0. The van der Waals surface area contributed by atoms with Crippen LogP contribution in [0, 0.1) is 17.8 Å². The summed E-state index contributed by atoms with van der Waals surface area (Å²) < 4.78 is 0. The van der Waals surface area contributed by atoms with E-state index < -0.39 is 0 Å². The van der Waals surface area contributed by atoms with Crippen molar-refractivity contribution in [2.75, 3.05) is 19.6 Å². The topological polar surface area (TPSA) is 15.3 Å². The molecule has 0 amide bonds. The first-order valence-electron chi connectivity index (χ1n) is 9.61. The van der Waals surface area contributed by atoms with E-state index in [0.29, 0.717) is 0 Å². The third kappa shape index (κ3) is 4.96. The third-order valence-electron chi connectivity index (χ3n) is 5.98. The first-order valence-corrected chi connectivity index (χ1v) is 9.61. The molecule has 21 heavy (non-hydrogen) atoms. The second-order valence-corrected chi connectivity index (χ2v) is 7.95. The second-order valence-electron chi connectivity index (χ2n) is 7.95. The van der Waals surface area contributed by atoms with Crippen molar-refractivity contribution in [3.8, 4) is 0 Å². The zero-order valence-corrected chi connectivity index (χ0v) is 14.9. The Balaban J connectivity index is 1.87. The van der Waals surface area contributed by atoms with Crippen LogP contribution in [0.25, 0.3) is 0 Å². The fourth-order valence-electron chi connectivity index (χ4n) is 4.46. The first kappa shape index (κ1) is 17.3. The molecule has 0 spiro atoms. The van der Waals surface area contributed by atoms with Gasteiger partial charge in [-0.2, -0.15) is 0 Å². The van der Waals surface area contributed by atoms with Gasteiger partial charge in [0.2, 0.25) is 0 Å². The number of piperazine rings is 1. The molecule has 2 aliphatic rings. The fraction of sp³-hybridized carbons (Fsp3) is 1.00. The van der Waals surface area contributed by atoms with Crippen LogP contribution in [-0.4, -0.2) is 36.6 Å². The Bertz CT molecular complexity index is 281. The summed E-state index contributed by atoms with van der Waals surface area (Å²) in [5.74, 6) is 2.76. The van der Waals surface area contributed by atoms with Crippen molar-refractivity contribution >= 4 is 0 Å². The molecule has 2 unspecified atom stereocenters. The van der Waals surface area contributed by atoms with E-state index in [1.807, 2.05) is 0 Å². The molecule has 2 rings (SSSR count). The molecule has 0 radical (unpaired) electrons. The molecule has 1 aliphatic carbocycles. The van der Waals surface area contributed by atoms with Gasteiger partial charge in [-0.25, -0.2) is 0 Å². The maximum absolute atomic E-state index is 3.79. The van der Waals surface area contributed by atoms with Gasteiger partial charge in [-0.05, 0) is 37.0 Å². The molecule has 1 N–H and O–H groups in total. The molecule has 0 bridgehead atoms. The summed E-state index contributed by atoms with van der Waals surface area (Å²) in [6.45, 7) is 13.3. The largest absolute Gasteiger partial charge is 0.311 e. The van der Waals surface area contributed by atoms with Crippen molar-refractivity contribution in [1.29, 1.82) is 0 Å². The van der Waals surface area contributed by atoms with Gasteiger partial charge < -0.3 is 5.32 Å². The average Bonchev–Trinajstić information content (AvgIpc) is 2.48. The normalized spacial score (nSPS) is 35.3. The second kappa shape index (κ2) is 8.53. The predicted octanol–water partition coefficient (Wildman–Crippen LogP) is 4.30. The minimum Gasteiger partial charge on any atom is -0.311 e. The molecule has 2 nitrogen and oxygen atoms in total. The Hall–Kier alpha value is -0.0800. The van der Waals surface area contributed by atoms with Crippen LogP contribution in [0.15, 0.2) is 0 Å². The average molecular weight is 295 g/mol. The minimum atomic E-state index is 0.733. The number of hydrogen-bond acceptors (Lipinski definition) is 2. The molecule has 0 aromatic rings. The van der Waals surface area contributed by atoms with Crippen molar-refractivity contribution < 1.29 is 0 Å². The summed E-state index contributed by atoms with van der Waals surface area (Å²) in [5, 5.41) is 3.79. The van der Waals surface area contributed by atoms with Gasteiger partial charge in [0, 0.05) is 31.7 Å². The highest BCUT2D eigenvalue weighted by atomic mass is 15.2. The van der Waals surface area contributed by atoms with Gasteiger partial charge in [0.05, 0.1) is 0 Å². The molecule has 1 saturated carbocycles. The van der Waals surface area contributed by atoms with Crippen molar-refractivity contribution in [3.05, 3.63) is 0 Å².